The summed E-state index contributed by atoms with van der Waals surface area (Å²) in [6, 6.07) is 6.08. The molecule has 9 heteroatoms. The maximum absolute atomic E-state index is 11.0. The van der Waals surface area contributed by atoms with Crippen molar-refractivity contribution in [2.24, 2.45) is 5.14 Å². The summed E-state index contributed by atoms with van der Waals surface area (Å²) in [6.07, 6.45) is 1.16. The van der Waals surface area contributed by atoms with E-state index < -0.39 is 19.3 Å². The molecule has 0 aliphatic rings. The van der Waals surface area contributed by atoms with Crippen molar-refractivity contribution in [1.82, 2.24) is 4.72 Å². The monoisotopic (exact) mass is 312 g/mol. The minimum Gasteiger partial charge on any atom is -0.216 e. The molecule has 0 unspecified atom stereocenters. The van der Waals surface area contributed by atoms with E-state index >= 15 is 0 Å². The topological polar surface area (TPSA) is 106 Å². The van der Waals surface area contributed by atoms with Crippen molar-refractivity contribution in [3.8, 4) is 0 Å². The van der Waals surface area contributed by atoms with Crippen LogP contribution in [-0.2, 0) is 25.7 Å². The number of hydrogen-bond acceptors (Lipinski definition) is 4. The molecule has 3 N–H and O–H groups in total. The Balaban J connectivity index is 2.50. The van der Waals surface area contributed by atoms with E-state index in [1.165, 1.54) is 12.1 Å². The summed E-state index contributed by atoms with van der Waals surface area (Å²) in [5.41, 5.74) is 0.885. The minimum atomic E-state index is -3.70. The molecule has 6 nitrogen and oxygen atoms in total. The molecule has 0 amide bonds. The molecule has 0 fully saturated rings. The zero-order chi connectivity index (χ0) is 13.8. The van der Waals surface area contributed by atoms with Gasteiger partial charge in [-0.2, -0.15) is 8.42 Å². The summed E-state index contributed by atoms with van der Waals surface area (Å²) < 4.78 is 45.3. The molecule has 18 heavy (non-hydrogen) atoms. The van der Waals surface area contributed by atoms with Gasteiger partial charge in [-0.05, 0) is 30.5 Å². The Morgan fingerprint density at radius 1 is 1.11 bits per heavy atom. The number of rotatable bonds is 6. The van der Waals surface area contributed by atoms with E-state index in [2.05, 4.69) is 4.72 Å². The molecule has 0 aliphatic carbocycles. The fraction of sp³-hybridized carbons (Fsp3) is 0.333. The Morgan fingerprint density at radius 3 is 2.11 bits per heavy atom. The van der Waals surface area contributed by atoms with Crippen molar-refractivity contribution in [2.45, 2.75) is 17.7 Å². The first kappa shape index (κ1) is 15.4. The van der Waals surface area contributed by atoms with Gasteiger partial charge in [0.2, 0.25) is 0 Å². The van der Waals surface area contributed by atoms with E-state index in [0.29, 0.717) is 12.8 Å². The molecular formula is C9H13ClN2O4S2. The highest BCUT2D eigenvalue weighted by Crippen LogP contribution is 2.15. The molecule has 1 aromatic rings. The Bertz CT molecular complexity index is 596. The van der Waals surface area contributed by atoms with Crippen LogP contribution in [0.1, 0.15) is 12.0 Å². The van der Waals surface area contributed by atoms with Crippen LogP contribution in [0.15, 0.2) is 29.2 Å². The van der Waals surface area contributed by atoms with E-state index in [1.807, 2.05) is 0 Å². The summed E-state index contributed by atoms with van der Waals surface area (Å²) in [5, 5.41) is 4.76. The third-order valence-electron chi connectivity index (χ3n) is 2.15. The molecule has 0 radical (unpaired) electrons. The zero-order valence-corrected chi connectivity index (χ0v) is 11.7. The average molecular weight is 313 g/mol. The molecule has 102 valence electrons. The number of aryl methyl sites for hydroxylation is 1. The lowest BCUT2D eigenvalue weighted by atomic mass is 10.1. The average Bonchev–Trinajstić information content (AvgIpc) is 2.22. The van der Waals surface area contributed by atoms with Gasteiger partial charge in [0.15, 0.2) is 0 Å². The maximum atomic E-state index is 11.0. The normalized spacial score (nSPS) is 12.6. The van der Waals surface area contributed by atoms with Gasteiger partial charge in [0.25, 0.3) is 19.3 Å². The van der Waals surface area contributed by atoms with Gasteiger partial charge in [0.1, 0.15) is 0 Å². The van der Waals surface area contributed by atoms with E-state index in [4.69, 9.17) is 15.8 Å². The second-order valence-corrected chi connectivity index (χ2v) is 7.57. The van der Waals surface area contributed by atoms with Gasteiger partial charge in [-0.15, -0.1) is 0 Å². The van der Waals surface area contributed by atoms with Crippen LogP contribution in [0.25, 0.3) is 0 Å². The van der Waals surface area contributed by atoms with Gasteiger partial charge >= 0.3 is 0 Å². The van der Waals surface area contributed by atoms with Crippen LogP contribution in [0.5, 0.6) is 0 Å². The molecule has 0 saturated carbocycles. The number of nitrogens with two attached hydrogens (primary N) is 1. The molecule has 1 rings (SSSR count). The molecule has 0 aromatic heterocycles. The summed E-state index contributed by atoms with van der Waals surface area (Å²) in [5.74, 6) is 0. The molecule has 0 heterocycles. The summed E-state index contributed by atoms with van der Waals surface area (Å²) in [6.45, 7) is 0.231. The Kier molecular flexibility index (Phi) is 5.11. The first-order chi connectivity index (χ1) is 8.18. The lowest BCUT2D eigenvalue weighted by molar-refractivity contribution is 0.580. The van der Waals surface area contributed by atoms with Gasteiger partial charge in [-0.1, -0.05) is 12.1 Å². The zero-order valence-electron chi connectivity index (χ0n) is 9.34. The molecular weight excluding hydrogens is 300 g/mol. The van der Waals surface area contributed by atoms with Crippen molar-refractivity contribution in [1.29, 1.82) is 0 Å². The van der Waals surface area contributed by atoms with Gasteiger partial charge in [0, 0.05) is 17.2 Å². The fourth-order valence-corrected chi connectivity index (χ4v) is 2.52. The number of hydrogen-bond donors (Lipinski definition) is 2. The predicted octanol–water partition coefficient (Wildman–Crippen LogP) is 0.340. The molecule has 0 atom stereocenters. The number of benzene rings is 1. The Morgan fingerprint density at radius 2 is 1.67 bits per heavy atom. The Labute approximate surface area is 111 Å². The standard InChI is InChI=1S/C9H13ClN2O4S2/c10-17(13,14)9-5-3-8(4-6-9)2-1-7-12-18(11,15)16/h3-6,12H,1-2,7H2,(H2,11,15,16). The highest BCUT2D eigenvalue weighted by molar-refractivity contribution is 8.13. The van der Waals surface area contributed by atoms with Gasteiger partial charge in [0.05, 0.1) is 4.90 Å². The van der Waals surface area contributed by atoms with Gasteiger partial charge < -0.3 is 0 Å². The Hall–Kier alpha value is -0.670. The first-order valence-corrected chi connectivity index (χ1v) is 8.85. The lowest BCUT2D eigenvalue weighted by Gasteiger charge is -2.03. The van der Waals surface area contributed by atoms with Crippen molar-refractivity contribution in [2.75, 3.05) is 6.54 Å². The number of halogens is 1. The highest BCUT2D eigenvalue weighted by atomic mass is 35.7. The second-order valence-electron chi connectivity index (χ2n) is 3.62. The number of nitrogens with one attached hydrogen (secondary N) is 1. The van der Waals surface area contributed by atoms with Crippen LogP contribution < -0.4 is 9.86 Å². The molecule has 0 bridgehead atoms. The third-order valence-corrected chi connectivity index (χ3v) is 4.13. The third kappa shape index (κ3) is 5.78. The lowest BCUT2D eigenvalue weighted by Crippen LogP contribution is -2.31. The largest absolute Gasteiger partial charge is 0.274 e. The molecule has 1 aromatic carbocycles. The van der Waals surface area contributed by atoms with Crippen LogP contribution in [-0.4, -0.2) is 23.4 Å². The summed E-state index contributed by atoms with van der Waals surface area (Å²) in [7, 11) is -2.18. The van der Waals surface area contributed by atoms with Gasteiger partial charge in [-0.3, -0.25) is 0 Å². The fourth-order valence-electron chi connectivity index (χ4n) is 1.33. The predicted molar refractivity (Wildman–Crippen MR) is 68.9 cm³/mol. The highest BCUT2D eigenvalue weighted by Gasteiger charge is 2.08. The maximum Gasteiger partial charge on any atom is 0.274 e. The minimum absolute atomic E-state index is 0.0376. The van der Waals surface area contributed by atoms with Crippen LogP contribution in [0.2, 0.25) is 0 Å². The van der Waals surface area contributed by atoms with E-state index in [0.717, 1.165) is 5.56 Å². The quantitative estimate of drug-likeness (QED) is 0.583. The molecule has 0 saturated heterocycles. The SMILES string of the molecule is NS(=O)(=O)NCCCc1ccc(S(=O)(=O)Cl)cc1. The van der Waals surface area contributed by atoms with Gasteiger partial charge in [-0.25, -0.2) is 18.3 Å². The van der Waals surface area contributed by atoms with Crippen LogP contribution >= 0.6 is 10.7 Å². The second kappa shape index (κ2) is 5.98. The van der Waals surface area contributed by atoms with Crippen molar-refractivity contribution >= 4 is 29.9 Å². The van der Waals surface area contributed by atoms with E-state index in [-0.39, 0.29) is 11.4 Å². The molecule has 0 spiro atoms. The smallest absolute Gasteiger partial charge is 0.216 e. The van der Waals surface area contributed by atoms with Crippen molar-refractivity contribution < 1.29 is 16.8 Å². The van der Waals surface area contributed by atoms with Crippen LogP contribution in [0.3, 0.4) is 0 Å². The van der Waals surface area contributed by atoms with E-state index in [9.17, 15) is 16.8 Å². The van der Waals surface area contributed by atoms with Crippen LogP contribution in [0.4, 0.5) is 0 Å². The van der Waals surface area contributed by atoms with E-state index in [1.54, 1.807) is 12.1 Å². The molecule has 0 aliphatic heterocycles. The van der Waals surface area contributed by atoms with Crippen molar-refractivity contribution in [3.63, 3.8) is 0 Å². The van der Waals surface area contributed by atoms with Crippen LogP contribution in [0, 0.1) is 0 Å². The summed E-state index contributed by atoms with van der Waals surface area (Å²) >= 11 is 0. The van der Waals surface area contributed by atoms with Crippen molar-refractivity contribution in [3.05, 3.63) is 29.8 Å². The first-order valence-electron chi connectivity index (χ1n) is 4.99. The summed E-state index contributed by atoms with van der Waals surface area (Å²) in [4.78, 5) is 0.0376.